The van der Waals surface area contributed by atoms with E-state index >= 15 is 0 Å². The van der Waals surface area contributed by atoms with Crippen molar-refractivity contribution in [2.24, 2.45) is 11.7 Å². The van der Waals surface area contributed by atoms with E-state index in [1.165, 1.54) is 0 Å². The molecule has 3 nitrogen and oxygen atoms in total. The minimum absolute atomic E-state index is 0.189. The minimum Gasteiger partial charge on any atom is -0.323 e. The van der Waals surface area contributed by atoms with Crippen molar-refractivity contribution in [3.8, 4) is 0 Å². The fraction of sp³-hybridized carbons (Fsp3) is 0.462. The highest BCUT2D eigenvalue weighted by Crippen LogP contribution is 2.23. The summed E-state index contributed by atoms with van der Waals surface area (Å²) in [5.41, 5.74) is 7.46. The van der Waals surface area contributed by atoms with E-state index in [4.69, 9.17) is 17.3 Å². The van der Waals surface area contributed by atoms with Crippen LogP contribution < -0.4 is 11.1 Å². The highest BCUT2D eigenvalue weighted by Gasteiger charge is 2.16. The normalized spacial score (nSPS) is 12.6. The Morgan fingerprint density at radius 1 is 1.47 bits per heavy atom. The molecule has 3 N–H and O–H groups in total. The largest absolute Gasteiger partial charge is 0.323 e. The predicted octanol–water partition coefficient (Wildman–Crippen LogP) is 2.96. The van der Waals surface area contributed by atoms with E-state index in [1.54, 1.807) is 6.07 Å². The second-order valence-corrected chi connectivity index (χ2v) is 5.12. The lowest BCUT2D eigenvalue weighted by Crippen LogP contribution is -2.36. The molecule has 0 saturated carbocycles. The van der Waals surface area contributed by atoms with Crippen LogP contribution in [0.25, 0.3) is 0 Å². The summed E-state index contributed by atoms with van der Waals surface area (Å²) in [6.07, 6.45) is 0.662. The fourth-order valence-electron chi connectivity index (χ4n) is 1.58. The number of hydrogen-bond acceptors (Lipinski definition) is 2. The number of carbonyl (C=O) groups is 1. The van der Waals surface area contributed by atoms with Crippen molar-refractivity contribution in [3.63, 3.8) is 0 Å². The molecule has 1 amide bonds. The Bertz CT molecular complexity index is 404. The van der Waals surface area contributed by atoms with Crippen LogP contribution in [0.5, 0.6) is 0 Å². The molecule has 1 aromatic carbocycles. The average Bonchev–Trinajstić information content (AvgIpc) is 2.22. The molecule has 0 unspecified atom stereocenters. The Labute approximate surface area is 107 Å². The van der Waals surface area contributed by atoms with Gasteiger partial charge in [-0.25, -0.2) is 0 Å². The summed E-state index contributed by atoms with van der Waals surface area (Å²) in [4.78, 5) is 11.8. The molecule has 0 fully saturated rings. The first-order chi connectivity index (χ1) is 7.90. The van der Waals surface area contributed by atoms with Crippen molar-refractivity contribution in [1.82, 2.24) is 0 Å². The standard InChI is InChI=1S/C13H19ClN2O/c1-8(2)6-11(15)13(17)16-12-7-9(3)4-5-10(12)14/h4-5,7-8,11H,6,15H2,1-3H3,(H,16,17)/t11-/m0/s1. The molecular weight excluding hydrogens is 236 g/mol. The zero-order valence-corrected chi connectivity index (χ0v) is 11.2. The van der Waals surface area contributed by atoms with Crippen molar-refractivity contribution in [2.75, 3.05) is 5.32 Å². The zero-order chi connectivity index (χ0) is 13.0. The molecule has 0 aliphatic heterocycles. The summed E-state index contributed by atoms with van der Waals surface area (Å²) < 4.78 is 0. The van der Waals surface area contributed by atoms with Crippen LogP contribution in [-0.2, 0) is 4.79 Å². The first-order valence-corrected chi connectivity index (χ1v) is 6.10. The van der Waals surface area contributed by atoms with Crippen LogP contribution in [-0.4, -0.2) is 11.9 Å². The van der Waals surface area contributed by atoms with Crippen molar-refractivity contribution in [3.05, 3.63) is 28.8 Å². The van der Waals surface area contributed by atoms with Gasteiger partial charge in [0.05, 0.1) is 16.8 Å². The van der Waals surface area contributed by atoms with Gasteiger partial charge in [-0.15, -0.1) is 0 Å². The number of nitrogens with one attached hydrogen (secondary N) is 1. The highest BCUT2D eigenvalue weighted by atomic mass is 35.5. The van der Waals surface area contributed by atoms with E-state index in [9.17, 15) is 4.79 Å². The van der Waals surface area contributed by atoms with Crippen LogP contribution in [0, 0.1) is 12.8 Å². The van der Waals surface area contributed by atoms with Crippen LogP contribution in [0.15, 0.2) is 18.2 Å². The molecule has 0 radical (unpaired) electrons. The van der Waals surface area contributed by atoms with E-state index in [0.717, 1.165) is 5.56 Å². The SMILES string of the molecule is Cc1ccc(Cl)c(NC(=O)[C@@H](N)CC(C)C)c1. The minimum atomic E-state index is -0.494. The molecule has 4 heteroatoms. The van der Waals surface area contributed by atoms with E-state index in [-0.39, 0.29) is 5.91 Å². The predicted molar refractivity (Wildman–Crippen MR) is 72.2 cm³/mol. The Morgan fingerprint density at radius 2 is 2.12 bits per heavy atom. The highest BCUT2D eigenvalue weighted by molar-refractivity contribution is 6.33. The maximum atomic E-state index is 11.8. The topological polar surface area (TPSA) is 55.1 Å². The monoisotopic (exact) mass is 254 g/mol. The number of rotatable bonds is 4. The van der Waals surface area contributed by atoms with Crippen molar-refractivity contribution in [1.29, 1.82) is 0 Å². The molecule has 1 rings (SSSR count). The van der Waals surface area contributed by atoms with Gasteiger partial charge in [-0.3, -0.25) is 4.79 Å². The third-order valence-corrected chi connectivity index (χ3v) is 2.77. The Kier molecular flexibility index (Phi) is 4.97. The van der Waals surface area contributed by atoms with Crippen LogP contribution in [0.3, 0.4) is 0 Å². The van der Waals surface area contributed by atoms with E-state index < -0.39 is 6.04 Å². The number of anilines is 1. The maximum Gasteiger partial charge on any atom is 0.241 e. The van der Waals surface area contributed by atoms with Gasteiger partial charge in [-0.2, -0.15) is 0 Å². The number of benzene rings is 1. The zero-order valence-electron chi connectivity index (χ0n) is 10.5. The third-order valence-electron chi connectivity index (χ3n) is 2.44. The van der Waals surface area contributed by atoms with Crippen molar-refractivity contribution in [2.45, 2.75) is 33.2 Å². The number of halogens is 1. The number of aryl methyl sites for hydroxylation is 1. The van der Waals surface area contributed by atoms with Crippen LogP contribution in [0.2, 0.25) is 5.02 Å². The third kappa shape index (κ3) is 4.36. The Balaban J connectivity index is 2.70. The van der Waals surface area contributed by atoms with Gasteiger partial charge in [0.1, 0.15) is 0 Å². The molecule has 0 spiro atoms. The summed E-state index contributed by atoms with van der Waals surface area (Å²) >= 11 is 6.00. The fourth-order valence-corrected chi connectivity index (χ4v) is 1.74. The second kappa shape index (κ2) is 6.03. The average molecular weight is 255 g/mol. The molecule has 17 heavy (non-hydrogen) atoms. The first kappa shape index (κ1) is 14.0. The molecule has 0 saturated heterocycles. The van der Waals surface area contributed by atoms with Gasteiger partial charge < -0.3 is 11.1 Å². The molecule has 94 valence electrons. The second-order valence-electron chi connectivity index (χ2n) is 4.71. The summed E-state index contributed by atoms with van der Waals surface area (Å²) in [6.45, 7) is 6.01. The van der Waals surface area contributed by atoms with Gasteiger partial charge in [0, 0.05) is 0 Å². The van der Waals surface area contributed by atoms with Crippen molar-refractivity contribution >= 4 is 23.2 Å². The lowest BCUT2D eigenvalue weighted by molar-refractivity contribution is -0.117. The quantitative estimate of drug-likeness (QED) is 0.868. The molecule has 0 bridgehead atoms. The smallest absolute Gasteiger partial charge is 0.241 e. The molecule has 0 heterocycles. The summed E-state index contributed by atoms with van der Waals surface area (Å²) in [6, 6.07) is 5.00. The van der Waals surface area contributed by atoms with Gasteiger partial charge in [-0.1, -0.05) is 31.5 Å². The number of hydrogen-bond donors (Lipinski definition) is 2. The van der Waals surface area contributed by atoms with Gasteiger partial charge in [0.2, 0.25) is 5.91 Å². The molecule has 0 aromatic heterocycles. The van der Waals surface area contributed by atoms with E-state index in [2.05, 4.69) is 5.32 Å². The van der Waals surface area contributed by atoms with Gasteiger partial charge >= 0.3 is 0 Å². The number of carbonyl (C=O) groups excluding carboxylic acids is 1. The molecule has 0 aliphatic rings. The molecular formula is C13H19ClN2O. The Hall–Kier alpha value is -1.06. The summed E-state index contributed by atoms with van der Waals surface area (Å²) in [5.74, 6) is 0.204. The molecule has 0 aliphatic carbocycles. The van der Waals surface area contributed by atoms with Crippen molar-refractivity contribution < 1.29 is 4.79 Å². The number of amides is 1. The number of nitrogens with two attached hydrogens (primary N) is 1. The van der Waals surface area contributed by atoms with E-state index in [1.807, 2.05) is 32.9 Å². The van der Waals surface area contributed by atoms with Gasteiger partial charge in [-0.05, 0) is 37.0 Å². The first-order valence-electron chi connectivity index (χ1n) is 5.72. The van der Waals surface area contributed by atoms with Crippen LogP contribution in [0.4, 0.5) is 5.69 Å². The lowest BCUT2D eigenvalue weighted by atomic mass is 10.0. The van der Waals surface area contributed by atoms with Gasteiger partial charge in [0.15, 0.2) is 0 Å². The lowest BCUT2D eigenvalue weighted by Gasteiger charge is -2.15. The summed E-state index contributed by atoms with van der Waals surface area (Å²) in [7, 11) is 0. The Morgan fingerprint density at radius 3 is 2.71 bits per heavy atom. The summed E-state index contributed by atoms with van der Waals surface area (Å²) in [5, 5.41) is 3.29. The van der Waals surface area contributed by atoms with Crippen LogP contribution in [0.1, 0.15) is 25.8 Å². The van der Waals surface area contributed by atoms with Gasteiger partial charge in [0.25, 0.3) is 0 Å². The molecule has 1 aromatic rings. The van der Waals surface area contributed by atoms with Crippen LogP contribution >= 0.6 is 11.6 Å². The molecule has 1 atom stereocenters. The maximum absolute atomic E-state index is 11.8. The van der Waals surface area contributed by atoms with E-state index in [0.29, 0.717) is 23.0 Å².